The Kier molecular flexibility index (Phi) is 8.28. The van der Waals surface area contributed by atoms with E-state index in [4.69, 9.17) is 0 Å². The number of amides is 1. The number of hydrogen-bond acceptors (Lipinski definition) is 4. The molecule has 1 amide bonds. The number of hydrogen-bond donors (Lipinski definition) is 1. The molecule has 0 fully saturated rings. The topological polar surface area (TPSA) is 68.2 Å². The van der Waals surface area contributed by atoms with E-state index in [1.807, 2.05) is 26.0 Å². The highest BCUT2D eigenvalue weighted by Gasteiger charge is 2.25. The van der Waals surface area contributed by atoms with E-state index in [1.54, 1.807) is 30.5 Å². The molecule has 198 valence electrons. The Morgan fingerprint density at radius 3 is 2.16 bits per heavy atom. The number of carbonyl (C=O) groups excluding carboxylic acids is 2. The number of carbonyl (C=O) groups is 2. The van der Waals surface area contributed by atoms with Gasteiger partial charge in [-0.1, -0.05) is 61.8 Å². The summed E-state index contributed by atoms with van der Waals surface area (Å²) in [5.74, 6) is -2.43. The van der Waals surface area contributed by atoms with Crippen molar-refractivity contribution in [2.75, 3.05) is 5.32 Å². The van der Waals surface area contributed by atoms with Gasteiger partial charge >= 0.3 is 0 Å². The molecular weight excluding hydrogens is 574 g/mol. The van der Waals surface area contributed by atoms with Gasteiger partial charge in [-0.3, -0.25) is 14.4 Å². The third-order valence-electron chi connectivity index (χ3n) is 6.26. The minimum atomic E-state index is -0.704. The van der Waals surface area contributed by atoms with Crippen molar-refractivity contribution in [1.29, 1.82) is 0 Å². The third kappa shape index (κ3) is 5.35. The Hall–Kier alpha value is -3.17. The normalized spacial score (nSPS) is 11.5. The molecule has 1 N–H and O–H groups in total. The lowest BCUT2D eigenvalue weighted by atomic mass is 9.99. The van der Waals surface area contributed by atoms with E-state index in [-0.39, 0.29) is 35.3 Å². The summed E-state index contributed by atoms with van der Waals surface area (Å²) in [7, 11) is 0. The molecule has 2 aromatic carbocycles. The minimum Gasteiger partial charge on any atom is -0.334 e. The zero-order valence-corrected chi connectivity index (χ0v) is 23.8. The molecule has 5 nitrogen and oxygen atoms in total. The maximum atomic E-state index is 14.6. The van der Waals surface area contributed by atoms with Crippen molar-refractivity contribution < 1.29 is 18.4 Å². The van der Waals surface area contributed by atoms with Crippen molar-refractivity contribution >= 4 is 54.9 Å². The molecule has 0 radical (unpaired) electrons. The zero-order chi connectivity index (χ0) is 27.7. The molecule has 0 unspecified atom stereocenters. The first-order valence-electron chi connectivity index (χ1n) is 12.2. The average molecular weight is 602 g/mol. The fourth-order valence-electron chi connectivity index (χ4n) is 4.11. The number of halogens is 3. The van der Waals surface area contributed by atoms with Crippen LogP contribution in [0.3, 0.4) is 0 Å². The van der Waals surface area contributed by atoms with Gasteiger partial charge in [-0.15, -0.1) is 11.3 Å². The first-order valence-corrected chi connectivity index (χ1v) is 14.1. The number of thiophene rings is 1. The lowest BCUT2D eigenvalue weighted by Crippen LogP contribution is -2.22. The smallest absolute Gasteiger partial charge is 0.226 e. The molecule has 0 saturated carbocycles. The molecule has 4 rings (SSSR count). The third-order valence-corrected chi connectivity index (χ3v) is 8.14. The van der Waals surface area contributed by atoms with Crippen LogP contribution in [0.5, 0.6) is 0 Å². The summed E-state index contributed by atoms with van der Waals surface area (Å²) in [4.78, 5) is 40.0. The van der Waals surface area contributed by atoms with Gasteiger partial charge in [-0.2, -0.15) is 0 Å². The van der Waals surface area contributed by atoms with Gasteiger partial charge in [0.05, 0.1) is 17.5 Å². The summed E-state index contributed by atoms with van der Waals surface area (Å²) >= 11 is 4.82. The van der Waals surface area contributed by atoms with Crippen LogP contribution in [0.15, 0.2) is 53.5 Å². The zero-order valence-electron chi connectivity index (χ0n) is 21.4. The lowest BCUT2D eigenvalue weighted by molar-refractivity contribution is -0.118. The number of alkyl halides is 1. The van der Waals surface area contributed by atoms with Gasteiger partial charge < -0.3 is 9.88 Å². The van der Waals surface area contributed by atoms with Crippen LogP contribution in [0.4, 0.5) is 14.5 Å². The van der Waals surface area contributed by atoms with Crippen molar-refractivity contribution in [3.8, 4) is 10.4 Å². The van der Waals surface area contributed by atoms with Gasteiger partial charge in [0.15, 0.2) is 5.78 Å². The van der Waals surface area contributed by atoms with E-state index >= 15 is 0 Å². The number of nitrogens with one attached hydrogen (secondary N) is 1. The minimum absolute atomic E-state index is 0.0115. The average Bonchev–Trinajstić information content (AvgIpc) is 3.28. The van der Waals surface area contributed by atoms with Crippen molar-refractivity contribution in [3.63, 3.8) is 0 Å². The van der Waals surface area contributed by atoms with Gasteiger partial charge in [0.1, 0.15) is 16.5 Å². The van der Waals surface area contributed by atoms with Gasteiger partial charge in [0, 0.05) is 39.5 Å². The molecule has 0 aliphatic rings. The number of pyridine rings is 1. The fraction of sp³-hybridized carbons (Fsp3) is 0.276. The molecule has 2 aromatic heterocycles. The number of benzene rings is 2. The Morgan fingerprint density at radius 1 is 0.974 bits per heavy atom. The van der Waals surface area contributed by atoms with Gasteiger partial charge in [0.25, 0.3) is 0 Å². The van der Waals surface area contributed by atoms with E-state index in [9.17, 15) is 23.2 Å². The van der Waals surface area contributed by atoms with E-state index in [1.165, 1.54) is 35.7 Å². The molecule has 0 spiro atoms. The Labute approximate surface area is 231 Å². The molecule has 0 atom stereocenters. The summed E-state index contributed by atoms with van der Waals surface area (Å²) in [6.07, 6.45) is 1.42. The molecule has 0 aliphatic heterocycles. The Morgan fingerprint density at radius 2 is 1.61 bits per heavy atom. The first-order chi connectivity index (χ1) is 18.0. The highest BCUT2D eigenvalue weighted by molar-refractivity contribution is 9.08. The summed E-state index contributed by atoms with van der Waals surface area (Å²) in [6.45, 7) is 6.85. The Balaban J connectivity index is 1.92. The number of anilines is 1. The number of Topliss-reactive ketones (excluding diaryl/α,β-unsaturated/α-hetero) is 1. The Bertz CT molecular complexity index is 1570. The van der Waals surface area contributed by atoms with Crippen LogP contribution in [0.25, 0.3) is 20.7 Å². The van der Waals surface area contributed by atoms with Crippen molar-refractivity contribution in [1.82, 2.24) is 4.57 Å². The quantitative estimate of drug-likeness (QED) is 0.169. The largest absolute Gasteiger partial charge is 0.334 e. The van der Waals surface area contributed by atoms with Crippen molar-refractivity contribution in [2.45, 2.75) is 39.6 Å². The van der Waals surface area contributed by atoms with Crippen LogP contribution in [0.2, 0.25) is 0 Å². The number of nitrogens with zero attached hydrogens (tertiary/aromatic N) is 1. The second-order valence-electron chi connectivity index (χ2n) is 9.66. The monoisotopic (exact) mass is 600 g/mol. The van der Waals surface area contributed by atoms with Gasteiger partial charge in [-0.05, 0) is 35.4 Å². The van der Waals surface area contributed by atoms with Crippen molar-refractivity contribution in [3.05, 3.63) is 87.2 Å². The number of aromatic nitrogens is 1. The van der Waals surface area contributed by atoms with Crippen molar-refractivity contribution in [2.24, 2.45) is 11.8 Å². The predicted molar refractivity (Wildman–Crippen MR) is 152 cm³/mol. The SMILES string of the molecule is CC(C)C(=O)Nc1ccc(-c2sc3c(c2CBr)c(=O)c(C(=O)C(C)C)cn3Cc2c(F)cccc2F)cc1. The van der Waals surface area contributed by atoms with Crippen LogP contribution in [-0.4, -0.2) is 16.3 Å². The van der Waals surface area contributed by atoms with E-state index in [2.05, 4.69) is 21.2 Å². The molecule has 2 heterocycles. The predicted octanol–water partition coefficient (Wildman–Crippen LogP) is 7.38. The molecular formula is C29H27BrF2N2O3S. The van der Waals surface area contributed by atoms with Crippen LogP contribution >= 0.6 is 27.3 Å². The van der Waals surface area contributed by atoms with Crippen LogP contribution in [0.1, 0.15) is 49.2 Å². The van der Waals surface area contributed by atoms with Gasteiger partial charge in [-0.25, -0.2) is 8.78 Å². The summed E-state index contributed by atoms with van der Waals surface area (Å²) in [5, 5.41) is 3.53. The standard InChI is InChI=1S/C29H27BrF2N2O3S/c1-15(2)25(35)21-14-34(13-20-22(31)6-5-7-23(20)32)29-24(26(21)36)19(12-30)27(38-29)17-8-10-18(11-9-17)33-28(37)16(3)4/h5-11,14-16H,12-13H2,1-4H3,(H,33,37). The molecule has 0 saturated heterocycles. The molecule has 38 heavy (non-hydrogen) atoms. The van der Waals surface area contributed by atoms with E-state index in [0.29, 0.717) is 26.8 Å². The van der Waals surface area contributed by atoms with E-state index in [0.717, 1.165) is 10.4 Å². The summed E-state index contributed by atoms with van der Waals surface area (Å²) in [5.41, 5.74) is 1.58. The van der Waals surface area contributed by atoms with Gasteiger partial charge in [0.2, 0.25) is 11.3 Å². The molecule has 0 aliphatic carbocycles. The molecule has 9 heteroatoms. The second kappa shape index (κ2) is 11.3. The van der Waals surface area contributed by atoms with Crippen LogP contribution in [0, 0.1) is 23.5 Å². The molecule has 4 aromatic rings. The second-order valence-corrected chi connectivity index (χ2v) is 11.2. The highest BCUT2D eigenvalue weighted by atomic mass is 79.9. The first kappa shape index (κ1) is 27.9. The summed E-state index contributed by atoms with van der Waals surface area (Å²) < 4.78 is 30.7. The summed E-state index contributed by atoms with van der Waals surface area (Å²) in [6, 6.07) is 10.9. The lowest BCUT2D eigenvalue weighted by Gasteiger charge is -2.13. The maximum absolute atomic E-state index is 14.6. The fourth-order valence-corrected chi connectivity index (χ4v) is 6.15. The number of rotatable bonds is 8. The van der Waals surface area contributed by atoms with E-state index < -0.39 is 23.0 Å². The van der Waals surface area contributed by atoms with Crippen LogP contribution < -0.4 is 10.7 Å². The molecule has 0 bridgehead atoms. The number of ketones is 1. The number of fused-ring (bicyclic) bond motifs is 1. The highest BCUT2D eigenvalue weighted by Crippen LogP contribution is 2.39. The van der Waals surface area contributed by atoms with Crippen LogP contribution in [-0.2, 0) is 16.7 Å². The maximum Gasteiger partial charge on any atom is 0.226 e.